The average Bonchev–Trinajstić information content (AvgIpc) is 2.37. The van der Waals surface area contributed by atoms with Crippen LogP contribution in [0.2, 0.25) is 0 Å². The molecule has 0 spiro atoms. The Morgan fingerprint density at radius 3 is 2.63 bits per heavy atom. The molecule has 1 aromatic carbocycles. The van der Waals surface area contributed by atoms with Crippen molar-refractivity contribution < 1.29 is 9.84 Å². The molecule has 1 aromatic rings. The molecule has 0 saturated heterocycles. The number of benzene rings is 1. The summed E-state index contributed by atoms with van der Waals surface area (Å²) < 4.78 is 6.62. The first-order valence-electron chi connectivity index (χ1n) is 6.75. The van der Waals surface area contributed by atoms with Crippen molar-refractivity contribution in [2.24, 2.45) is 11.8 Å². The van der Waals surface area contributed by atoms with Gasteiger partial charge >= 0.3 is 0 Å². The maximum absolute atomic E-state index is 8.97. The van der Waals surface area contributed by atoms with Crippen LogP contribution < -0.4 is 10.1 Å². The summed E-state index contributed by atoms with van der Waals surface area (Å²) in [4.78, 5) is 0. The molecule has 0 heterocycles. The summed E-state index contributed by atoms with van der Waals surface area (Å²) in [6.45, 7) is 8.91. The van der Waals surface area contributed by atoms with Gasteiger partial charge in [-0.05, 0) is 46.1 Å². The SMILES string of the molecule is CC(C)CNCc1ccc(OCC(C)CO)c(Br)c1. The Balaban J connectivity index is 2.49. The van der Waals surface area contributed by atoms with Gasteiger partial charge in [-0.3, -0.25) is 0 Å². The molecule has 0 aliphatic heterocycles. The molecule has 0 aliphatic carbocycles. The summed E-state index contributed by atoms with van der Waals surface area (Å²) in [5.41, 5.74) is 1.23. The van der Waals surface area contributed by atoms with Crippen LogP contribution in [0.4, 0.5) is 0 Å². The summed E-state index contributed by atoms with van der Waals surface area (Å²) in [6.07, 6.45) is 0. The number of aliphatic hydroxyl groups is 1. The highest BCUT2D eigenvalue weighted by atomic mass is 79.9. The first-order chi connectivity index (χ1) is 9.02. The monoisotopic (exact) mass is 329 g/mol. The van der Waals surface area contributed by atoms with Crippen molar-refractivity contribution in [3.63, 3.8) is 0 Å². The van der Waals surface area contributed by atoms with Gasteiger partial charge in [0.15, 0.2) is 0 Å². The summed E-state index contributed by atoms with van der Waals surface area (Å²) in [6, 6.07) is 6.11. The van der Waals surface area contributed by atoms with Gasteiger partial charge in [-0.15, -0.1) is 0 Å². The summed E-state index contributed by atoms with van der Waals surface area (Å²) in [7, 11) is 0. The molecular weight excluding hydrogens is 306 g/mol. The highest BCUT2D eigenvalue weighted by molar-refractivity contribution is 9.10. The van der Waals surface area contributed by atoms with Crippen LogP contribution in [-0.2, 0) is 6.54 Å². The van der Waals surface area contributed by atoms with Crippen molar-refractivity contribution in [1.29, 1.82) is 0 Å². The molecule has 108 valence electrons. The van der Waals surface area contributed by atoms with Gasteiger partial charge in [0.1, 0.15) is 5.75 Å². The van der Waals surface area contributed by atoms with E-state index in [1.54, 1.807) is 0 Å². The summed E-state index contributed by atoms with van der Waals surface area (Å²) in [5, 5.41) is 12.4. The highest BCUT2D eigenvalue weighted by Crippen LogP contribution is 2.26. The molecule has 0 saturated carbocycles. The van der Waals surface area contributed by atoms with Crippen LogP contribution in [-0.4, -0.2) is 24.9 Å². The van der Waals surface area contributed by atoms with E-state index in [1.165, 1.54) is 5.56 Å². The van der Waals surface area contributed by atoms with Crippen molar-refractivity contribution in [2.45, 2.75) is 27.3 Å². The zero-order valence-electron chi connectivity index (χ0n) is 11.9. The Kier molecular flexibility index (Phi) is 7.42. The zero-order valence-corrected chi connectivity index (χ0v) is 13.5. The van der Waals surface area contributed by atoms with E-state index >= 15 is 0 Å². The second-order valence-corrected chi connectivity index (χ2v) is 6.24. The lowest BCUT2D eigenvalue weighted by molar-refractivity contribution is 0.174. The van der Waals surface area contributed by atoms with Crippen molar-refractivity contribution in [2.75, 3.05) is 19.8 Å². The molecule has 0 aliphatic rings. The van der Waals surface area contributed by atoms with E-state index in [0.29, 0.717) is 12.5 Å². The molecular formula is C15H24BrNO2. The van der Waals surface area contributed by atoms with E-state index in [1.807, 2.05) is 13.0 Å². The van der Waals surface area contributed by atoms with Crippen LogP contribution in [0.3, 0.4) is 0 Å². The second-order valence-electron chi connectivity index (χ2n) is 5.39. The first kappa shape index (κ1) is 16.5. The van der Waals surface area contributed by atoms with Crippen LogP contribution in [0.25, 0.3) is 0 Å². The molecule has 2 N–H and O–H groups in total. The van der Waals surface area contributed by atoms with E-state index in [4.69, 9.17) is 9.84 Å². The predicted molar refractivity (Wildman–Crippen MR) is 82.4 cm³/mol. The van der Waals surface area contributed by atoms with Crippen LogP contribution in [0.1, 0.15) is 26.3 Å². The van der Waals surface area contributed by atoms with Gasteiger partial charge in [0.2, 0.25) is 0 Å². The van der Waals surface area contributed by atoms with Gasteiger partial charge in [0, 0.05) is 19.1 Å². The number of rotatable bonds is 8. The number of aliphatic hydroxyl groups excluding tert-OH is 1. The van der Waals surface area contributed by atoms with E-state index in [0.717, 1.165) is 23.3 Å². The minimum absolute atomic E-state index is 0.148. The minimum Gasteiger partial charge on any atom is -0.492 e. The molecule has 0 amide bonds. The molecule has 0 aromatic heterocycles. The molecule has 0 radical (unpaired) electrons. The van der Waals surface area contributed by atoms with Crippen LogP contribution >= 0.6 is 15.9 Å². The third-order valence-corrected chi connectivity index (χ3v) is 3.33. The quantitative estimate of drug-likeness (QED) is 0.769. The lowest BCUT2D eigenvalue weighted by Crippen LogP contribution is -2.19. The van der Waals surface area contributed by atoms with Crippen LogP contribution in [0.5, 0.6) is 5.75 Å². The minimum atomic E-state index is 0.148. The molecule has 1 unspecified atom stereocenters. The van der Waals surface area contributed by atoms with Crippen LogP contribution in [0.15, 0.2) is 22.7 Å². The fourth-order valence-corrected chi connectivity index (χ4v) is 2.10. The van der Waals surface area contributed by atoms with Gasteiger partial charge in [0.05, 0.1) is 11.1 Å². The first-order valence-corrected chi connectivity index (χ1v) is 7.55. The number of hydrogen-bond donors (Lipinski definition) is 2. The Morgan fingerprint density at radius 1 is 1.32 bits per heavy atom. The van der Waals surface area contributed by atoms with E-state index in [2.05, 4.69) is 47.2 Å². The van der Waals surface area contributed by atoms with E-state index in [-0.39, 0.29) is 12.5 Å². The van der Waals surface area contributed by atoms with Gasteiger partial charge in [0.25, 0.3) is 0 Å². The van der Waals surface area contributed by atoms with Gasteiger partial charge in [-0.25, -0.2) is 0 Å². The van der Waals surface area contributed by atoms with Crippen molar-refractivity contribution in [3.8, 4) is 5.75 Å². The fourth-order valence-electron chi connectivity index (χ4n) is 1.56. The molecule has 3 nitrogen and oxygen atoms in total. The van der Waals surface area contributed by atoms with Gasteiger partial charge in [-0.2, -0.15) is 0 Å². The molecule has 0 fully saturated rings. The Labute approximate surface area is 124 Å². The number of ether oxygens (including phenoxy) is 1. The lowest BCUT2D eigenvalue weighted by atomic mass is 10.2. The maximum atomic E-state index is 8.97. The normalized spacial score (nSPS) is 12.7. The molecule has 1 atom stereocenters. The second kappa shape index (κ2) is 8.56. The third kappa shape index (κ3) is 6.41. The van der Waals surface area contributed by atoms with E-state index in [9.17, 15) is 0 Å². The lowest BCUT2D eigenvalue weighted by Gasteiger charge is -2.13. The number of nitrogens with one attached hydrogen (secondary N) is 1. The predicted octanol–water partition coefficient (Wildman–Crippen LogP) is 3.20. The van der Waals surface area contributed by atoms with Crippen LogP contribution in [0, 0.1) is 11.8 Å². The van der Waals surface area contributed by atoms with E-state index < -0.39 is 0 Å². The summed E-state index contributed by atoms with van der Waals surface area (Å²) in [5.74, 6) is 1.64. The highest BCUT2D eigenvalue weighted by Gasteiger charge is 2.06. The average molecular weight is 330 g/mol. The largest absolute Gasteiger partial charge is 0.492 e. The topological polar surface area (TPSA) is 41.5 Å². The van der Waals surface area contributed by atoms with Gasteiger partial charge < -0.3 is 15.2 Å². The number of hydrogen-bond acceptors (Lipinski definition) is 3. The van der Waals surface area contributed by atoms with Gasteiger partial charge in [-0.1, -0.05) is 26.8 Å². The summed E-state index contributed by atoms with van der Waals surface area (Å²) >= 11 is 3.52. The van der Waals surface area contributed by atoms with Crippen molar-refractivity contribution in [1.82, 2.24) is 5.32 Å². The molecule has 4 heteroatoms. The standard InChI is InChI=1S/C15H24BrNO2/c1-11(2)7-17-8-13-4-5-15(14(16)6-13)19-10-12(3)9-18/h4-6,11-12,17-18H,7-10H2,1-3H3. The zero-order chi connectivity index (χ0) is 14.3. The Morgan fingerprint density at radius 2 is 2.05 bits per heavy atom. The van der Waals surface area contributed by atoms with Crippen molar-refractivity contribution >= 4 is 15.9 Å². The van der Waals surface area contributed by atoms with Crippen molar-refractivity contribution in [3.05, 3.63) is 28.2 Å². The molecule has 19 heavy (non-hydrogen) atoms. The number of halogens is 1. The molecule has 1 rings (SSSR count). The smallest absolute Gasteiger partial charge is 0.133 e. The Hall–Kier alpha value is -0.580. The Bertz CT molecular complexity index is 382. The maximum Gasteiger partial charge on any atom is 0.133 e. The fraction of sp³-hybridized carbons (Fsp3) is 0.600. The third-order valence-electron chi connectivity index (χ3n) is 2.71. The molecule has 0 bridgehead atoms.